The van der Waals surface area contributed by atoms with Crippen molar-refractivity contribution in [3.63, 3.8) is 0 Å². The Morgan fingerprint density at radius 2 is 1.74 bits per heavy atom. The molecule has 0 radical (unpaired) electrons. The minimum Gasteiger partial charge on any atom is -0.488 e. The van der Waals surface area contributed by atoms with Gasteiger partial charge in [0, 0.05) is 54.1 Å². The average Bonchev–Trinajstić information content (AvgIpc) is 3.01. The molecule has 1 aromatic carbocycles. The predicted octanol–water partition coefficient (Wildman–Crippen LogP) is 4.22. The van der Waals surface area contributed by atoms with Gasteiger partial charge in [-0.25, -0.2) is 27.8 Å². The summed E-state index contributed by atoms with van der Waals surface area (Å²) in [5, 5.41) is 0.450. The highest BCUT2D eigenvalue weighted by Gasteiger charge is 2.29. The van der Waals surface area contributed by atoms with Crippen LogP contribution in [0.1, 0.15) is 44.9 Å². The van der Waals surface area contributed by atoms with Gasteiger partial charge in [-0.1, -0.05) is 6.42 Å². The van der Waals surface area contributed by atoms with Gasteiger partial charge < -0.3 is 24.0 Å². The number of sulfonamides is 1. The van der Waals surface area contributed by atoms with Crippen molar-refractivity contribution in [3.8, 4) is 22.8 Å². The first-order chi connectivity index (χ1) is 20.8. The molecule has 4 heterocycles. The average molecular weight is 615 g/mol. The third-order valence-electron chi connectivity index (χ3n) is 8.54. The van der Waals surface area contributed by atoms with Gasteiger partial charge in [0.05, 0.1) is 32.7 Å². The molecule has 0 spiro atoms. The molecule has 232 valence electrons. The van der Waals surface area contributed by atoms with Gasteiger partial charge >= 0.3 is 0 Å². The van der Waals surface area contributed by atoms with Crippen LogP contribution >= 0.6 is 0 Å². The van der Waals surface area contributed by atoms with Crippen LogP contribution in [0.3, 0.4) is 0 Å². The van der Waals surface area contributed by atoms with Gasteiger partial charge in [0.15, 0.2) is 0 Å². The van der Waals surface area contributed by atoms with Crippen LogP contribution in [0, 0.1) is 5.82 Å². The number of rotatable bonds is 8. The summed E-state index contributed by atoms with van der Waals surface area (Å²) in [6.45, 7) is 4.81. The molecule has 3 aliphatic rings. The molecule has 11 nitrogen and oxygen atoms in total. The molecule has 2 saturated heterocycles. The highest BCUT2D eigenvalue weighted by molar-refractivity contribution is 7.92. The van der Waals surface area contributed by atoms with Gasteiger partial charge in [-0.2, -0.15) is 0 Å². The summed E-state index contributed by atoms with van der Waals surface area (Å²) >= 11 is 0. The van der Waals surface area contributed by atoms with E-state index < -0.39 is 15.8 Å². The molecule has 0 atom stereocenters. The summed E-state index contributed by atoms with van der Waals surface area (Å²) in [4.78, 5) is 18.4. The molecular formula is C30H39FN6O5S. The van der Waals surface area contributed by atoms with Gasteiger partial charge in [-0.3, -0.25) is 4.72 Å². The normalized spacial score (nSPS) is 22.0. The molecule has 0 unspecified atom stereocenters. The maximum absolute atomic E-state index is 16.1. The molecule has 6 rings (SSSR count). The van der Waals surface area contributed by atoms with E-state index in [9.17, 15) is 8.42 Å². The van der Waals surface area contributed by atoms with E-state index in [1.807, 2.05) is 4.90 Å². The van der Waals surface area contributed by atoms with Crippen molar-refractivity contribution < 1.29 is 27.0 Å². The summed E-state index contributed by atoms with van der Waals surface area (Å²) < 4.78 is 59.7. The number of morpholine rings is 1. The standard InChI is InChI=1S/C30H39FN6O5S/c1-40-29-25(35-43(2,38)39)16-20(18-32-29)27-23-19-33-30(37-12-14-41-15-13-37)34-28(23)26(17-24(27)31)42-22-8-6-21(7-9-22)36-10-4-3-5-11-36/h16-19,21-22,35H,3-15H2,1-2H3. The number of ether oxygens (including phenoxy) is 3. The Hall–Kier alpha value is -3.29. The smallest absolute Gasteiger partial charge is 0.238 e. The minimum atomic E-state index is -3.64. The summed E-state index contributed by atoms with van der Waals surface area (Å²) in [6, 6.07) is 3.48. The Morgan fingerprint density at radius 1 is 1.00 bits per heavy atom. The van der Waals surface area contributed by atoms with E-state index >= 15 is 4.39 Å². The van der Waals surface area contributed by atoms with Crippen LogP contribution in [0.15, 0.2) is 24.5 Å². The van der Waals surface area contributed by atoms with E-state index in [4.69, 9.17) is 19.2 Å². The number of methoxy groups -OCH3 is 1. The Bertz CT molecular complexity index is 1550. The quantitative estimate of drug-likeness (QED) is 0.395. The fourth-order valence-electron chi connectivity index (χ4n) is 6.44. The lowest BCUT2D eigenvalue weighted by molar-refractivity contribution is 0.0776. The maximum atomic E-state index is 16.1. The molecule has 2 aliphatic heterocycles. The fourth-order valence-corrected chi connectivity index (χ4v) is 6.99. The lowest BCUT2D eigenvalue weighted by Gasteiger charge is -2.38. The van der Waals surface area contributed by atoms with E-state index in [2.05, 4.69) is 19.6 Å². The molecular weight excluding hydrogens is 575 g/mol. The summed E-state index contributed by atoms with van der Waals surface area (Å²) in [5.41, 5.74) is 1.16. The Kier molecular flexibility index (Phi) is 8.83. The van der Waals surface area contributed by atoms with E-state index in [1.54, 1.807) is 6.20 Å². The lowest BCUT2D eigenvalue weighted by atomic mass is 9.90. The number of likely N-dealkylation sites (tertiary alicyclic amines) is 1. The van der Waals surface area contributed by atoms with Crippen molar-refractivity contribution in [2.45, 2.75) is 57.1 Å². The van der Waals surface area contributed by atoms with Crippen molar-refractivity contribution >= 4 is 32.6 Å². The van der Waals surface area contributed by atoms with Gasteiger partial charge in [-0.15, -0.1) is 0 Å². The van der Waals surface area contributed by atoms with E-state index in [1.165, 1.54) is 57.8 Å². The third kappa shape index (κ3) is 6.78. The zero-order chi connectivity index (χ0) is 30.0. The number of anilines is 2. The van der Waals surface area contributed by atoms with E-state index in [0.29, 0.717) is 60.5 Å². The number of benzene rings is 1. The number of nitrogens with one attached hydrogen (secondary N) is 1. The molecule has 1 N–H and O–H groups in total. The highest BCUT2D eigenvalue weighted by atomic mass is 32.2. The van der Waals surface area contributed by atoms with Crippen LogP contribution in [0.25, 0.3) is 22.0 Å². The SMILES string of the molecule is COc1ncc(-c2c(F)cc(OC3CCC(N4CCCCC4)CC3)c3nc(N4CCOCC4)ncc23)cc1NS(C)(=O)=O. The number of aromatic nitrogens is 3. The second kappa shape index (κ2) is 12.7. The summed E-state index contributed by atoms with van der Waals surface area (Å²) in [7, 11) is -2.25. The Morgan fingerprint density at radius 3 is 2.44 bits per heavy atom. The molecule has 43 heavy (non-hydrogen) atoms. The molecule has 1 aliphatic carbocycles. The zero-order valence-electron chi connectivity index (χ0n) is 24.7. The minimum absolute atomic E-state index is 0.0375. The highest BCUT2D eigenvalue weighted by Crippen LogP contribution is 2.40. The largest absolute Gasteiger partial charge is 0.488 e. The van der Waals surface area contributed by atoms with E-state index in [0.717, 1.165) is 31.9 Å². The van der Waals surface area contributed by atoms with Crippen molar-refractivity contribution in [2.75, 3.05) is 62.4 Å². The number of fused-ring (bicyclic) bond motifs is 1. The third-order valence-corrected chi connectivity index (χ3v) is 9.13. The number of pyridine rings is 1. The molecule has 0 amide bonds. The molecule has 0 bridgehead atoms. The second-order valence-electron chi connectivity index (χ2n) is 11.6. The molecule has 3 aromatic rings. The Labute approximate surface area is 251 Å². The van der Waals surface area contributed by atoms with Gasteiger partial charge in [0.25, 0.3) is 0 Å². The fraction of sp³-hybridized carbons (Fsp3) is 0.567. The molecule has 2 aromatic heterocycles. The monoisotopic (exact) mass is 614 g/mol. The second-order valence-corrected chi connectivity index (χ2v) is 13.3. The van der Waals surface area contributed by atoms with Crippen LogP contribution < -0.4 is 19.1 Å². The molecule has 1 saturated carbocycles. The topological polar surface area (TPSA) is 119 Å². The van der Waals surface area contributed by atoms with Crippen LogP contribution in [0.2, 0.25) is 0 Å². The van der Waals surface area contributed by atoms with Gasteiger partial charge in [-0.05, 0) is 57.7 Å². The first-order valence-corrected chi connectivity index (χ1v) is 16.9. The maximum Gasteiger partial charge on any atom is 0.238 e. The first-order valence-electron chi connectivity index (χ1n) is 15.0. The van der Waals surface area contributed by atoms with Crippen molar-refractivity contribution in [3.05, 3.63) is 30.3 Å². The zero-order valence-corrected chi connectivity index (χ0v) is 25.5. The lowest BCUT2D eigenvalue weighted by Crippen LogP contribution is -2.42. The number of piperidine rings is 1. The first kappa shape index (κ1) is 29.8. The van der Waals surface area contributed by atoms with Crippen LogP contribution in [0.5, 0.6) is 11.6 Å². The van der Waals surface area contributed by atoms with Crippen molar-refractivity contribution in [2.24, 2.45) is 0 Å². The number of hydrogen-bond acceptors (Lipinski definition) is 10. The number of nitrogens with zero attached hydrogens (tertiary/aromatic N) is 5. The van der Waals surface area contributed by atoms with Crippen LogP contribution in [0.4, 0.5) is 16.0 Å². The van der Waals surface area contributed by atoms with Gasteiger partial charge in [0.2, 0.25) is 21.9 Å². The van der Waals surface area contributed by atoms with Crippen LogP contribution in [-0.2, 0) is 14.8 Å². The van der Waals surface area contributed by atoms with Gasteiger partial charge in [0.1, 0.15) is 22.8 Å². The van der Waals surface area contributed by atoms with Crippen molar-refractivity contribution in [1.82, 2.24) is 19.9 Å². The molecule has 3 fully saturated rings. The number of halogens is 1. The Balaban J connectivity index is 1.36. The predicted molar refractivity (Wildman–Crippen MR) is 163 cm³/mol. The van der Waals surface area contributed by atoms with Crippen molar-refractivity contribution in [1.29, 1.82) is 0 Å². The summed E-state index contributed by atoms with van der Waals surface area (Å²) in [6.07, 6.45) is 11.8. The molecule has 13 heteroatoms. The summed E-state index contributed by atoms with van der Waals surface area (Å²) in [5.74, 6) is 0.444. The number of hydrogen-bond donors (Lipinski definition) is 1. The van der Waals surface area contributed by atoms with E-state index in [-0.39, 0.29) is 23.2 Å². The van der Waals surface area contributed by atoms with Crippen LogP contribution in [-0.4, -0.2) is 93.2 Å².